The summed E-state index contributed by atoms with van der Waals surface area (Å²) < 4.78 is 8.88. The molecule has 0 atom stereocenters. The summed E-state index contributed by atoms with van der Waals surface area (Å²) >= 11 is 0. The van der Waals surface area contributed by atoms with Gasteiger partial charge in [-0.2, -0.15) is 0 Å². The summed E-state index contributed by atoms with van der Waals surface area (Å²) in [6, 6.07) is 3.89. The molecule has 0 saturated carbocycles. The molecule has 13 heavy (non-hydrogen) atoms. The first-order chi connectivity index (χ1) is 4.50. The molecule has 0 aliphatic rings. The van der Waals surface area contributed by atoms with Gasteiger partial charge in [0.15, 0.2) is 0 Å². The Hall–Kier alpha value is 0.593. The van der Waals surface area contributed by atoms with Crippen LogP contribution >= 0.6 is 7.82 Å². The Morgan fingerprint density at radius 2 is 1.23 bits per heavy atom. The van der Waals surface area contributed by atoms with Gasteiger partial charge in [-0.15, -0.1) is 0 Å². The van der Waals surface area contributed by atoms with Crippen LogP contribution in [0.25, 0.3) is 0 Å². The first kappa shape index (κ1) is 23.4. The third-order valence-corrected chi connectivity index (χ3v) is 0.496. The van der Waals surface area contributed by atoms with Crippen molar-refractivity contribution in [1.82, 2.24) is 4.98 Å². The minimum absolute atomic E-state index is 0. The third-order valence-electron chi connectivity index (χ3n) is 0.496. The van der Waals surface area contributed by atoms with Crippen LogP contribution in [-0.2, 0) is 24.0 Å². The average Bonchev–Trinajstić information content (AvgIpc) is 2.07. The zero-order valence-corrected chi connectivity index (χ0v) is 11.8. The molecular weight excluding hydrogens is 293 g/mol. The predicted octanol–water partition coefficient (Wildman–Crippen LogP) is -5.91. The molecule has 0 amide bonds. The maximum Gasteiger partial charge on any atom is 2.00 e. The second-order valence-electron chi connectivity index (χ2n) is 1.40. The molecule has 4 N–H and O–H groups in total. The molecule has 0 saturated heterocycles. The van der Waals surface area contributed by atoms with E-state index in [0.29, 0.717) is 0 Å². The molecule has 0 bridgehead atoms. The minimum atomic E-state index is -4.64. The molecule has 0 aliphatic heterocycles. The zero-order valence-electron chi connectivity index (χ0n) is 6.47. The molecule has 0 unspecified atom stereocenters. The van der Waals surface area contributed by atoms with Crippen LogP contribution < -0.4 is 24.8 Å². The Labute approximate surface area is 101 Å². The zero-order chi connectivity index (χ0) is 8.04. The largest absolute Gasteiger partial charge is 2.00 e. The van der Waals surface area contributed by atoms with E-state index >= 15 is 0 Å². The van der Waals surface area contributed by atoms with Crippen molar-refractivity contribution in [2.45, 2.75) is 0 Å². The van der Waals surface area contributed by atoms with E-state index < -0.39 is 7.82 Å². The summed E-state index contributed by atoms with van der Waals surface area (Å²) in [4.78, 5) is 24.4. The molecule has 0 spiro atoms. The van der Waals surface area contributed by atoms with Crippen molar-refractivity contribution < 1.29 is 63.5 Å². The number of H-pyrrole nitrogens is 1. The van der Waals surface area contributed by atoms with Crippen LogP contribution in [0, 0.1) is 0 Å². The smallest absolute Gasteiger partial charge is 1.00 e. The van der Waals surface area contributed by atoms with Gasteiger partial charge in [0.05, 0.1) is 0 Å². The monoisotopic (exact) mass is 299 g/mol. The molecule has 0 fully saturated rings. The van der Waals surface area contributed by atoms with Crippen LogP contribution in [0.1, 0.15) is 0 Å². The Morgan fingerprint density at radius 1 is 1.00 bits per heavy atom. The predicted molar refractivity (Wildman–Crippen MR) is 35.1 cm³/mol. The average molecular weight is 301 g/mol. The molecule has 0 radical (unpaired) electrons. The summed E-state index contributed by atoms with van der Waals surface area (Å²) in [7, 11) is -4.64. The molecule has 74 valence electrons. The fraction of sp³-hybridized carbons (Fsp3) is 0. The molecule has 5 nitrogen and oxygen atoms in total. The maximum absolute atomic E-state index is 8.88. The number of halogens is 2. The van der Waals surface area contributed by atoms with Crippen molar-refractivity contribution in [3.05, 3.63) is 24.5 Å². The number of hydrogen-bond acceptors (Lipinski definition) is 1. The number of nitrogens with one attached hydrogen (secondary N) is 1. The van der Waals surface area contributed by atoms with E-state index in [1.54, 1.807) is 0 Å². The second-order valence-corrected chi connectivity index (χ2v) is 2.42. The molecular formula is C4H8Cl2NO4PZn. The van der Waals surface area contributed by atoms with E-state index in [9.17, 15) is 0 Å². The van der Waals surface area contributed by atoms with Crippen LogP contribution in [0.2, 0.25) is 0 Å². The molecule has 9 heteroatoms. The van der Waals surface area contributed by atoms with Gasteiger partial charge < -0.3 is 44.5 Å². The van der Waals surface area contributed by atoms with Crippen molar-refractivity contribution in [1.29, 1.82) is 0 Å². The number of phosphoric acid groups is 1. The number of rotatable bonds is 0. The Morgan fingerprint density at radius 3 is 1.31 bits per heavy atom. The van der Waals surface area contributed by atoms with E-state index in [1.807, 2.05) is 24.5 Å². The summed E-state index contributed by atoms with van der Waals surface area (Å²) in [5.41, 5.74) is 0. The third kappa shape index (κ3) is 45.2. The molecule has 0 aromatic carbocycles. The van der Waals surface area contributed by atoms with Crippen LogP contribution in [0.15, 0.2) is 24.5 Å². The second kappa shape index (κ2) is 12.6. The Kier molecular flexibility index (Phi) is 22.7. The molecule has 1 aromatic rings. The van der Waals surface area contributed by atoms with E-state index in [4.69, 9.17) is 19.2 Å². The SMILES string of the molecule is O=P(O)(O)O.[Cl-].[Cl-].[Zn+2].c1cc[nH]c1. The van der Waals surface area contributed by atoms with E-state index in [-0.39, 0.29) is 44.3 Å². The van der Waals surface area contributed by atoms with E-state index in [0.717, 1.165) is 0 Å². The molecule has 0 aliphatic carbocycles. The van der Waals surface area contributed by atoms with Gasteiger partial charge in [0.25, 0.3) is 0 Å². The van der Waals surface area contributed by atoms with Gasteiger partial charge in [-0.1, -0.05) is 0 Å². The van der Waals surface area contributed by atoms with Crippen LogP contribution in [-0.4, -0.2) is 19.7 Å². The Bertz CT molecular complexity index is 178. The van der Waals surface area contributed by atoms with Gasteiger partial charge in [0.1, 0.15) is 0 Å². The number of hydrogen-bond donors (Lipinski definition) is 4. The normalized spacial score (nSPS) is 7.62. The van der Waals surface area contributed by atoms with Crippen LogP contribution in [0.3, 0.4) is 0 Å². The maximum atomic E-state index is 8.88. The van der Waals surface area contributed by atoms with E-state index in [1.165, 1.54) is 0 Å². The summed E-state index contributed by atoms with van der Waals surface area (Å²) in [6.07, 6.45) is 3.75. The van der Waals surface area contributed by atoms with Gasteiger partial charge in [0.2, 0.25) is 0 Å². The molecule has 1 rings (SSSR count). The fourth-order valence-corrected chi connectivity index (χ4v) is 0.278. The van der Waals surface area contributed by atoms with Gasteiger partial charge >= 0.3 is 27.3 Å². The first-order valence-corrected chi connectivity index (χ1v) is 3.93. The summed E-state index contributed by atoms with van der Waals surface area (Å²) in [5, 5.41) is 0. The van der Waals surface area contributed by atoms with Crippen molar-refractivity contribution >= 4 is 7.82 Å². The molecule has 1 heterocycles. The Balaban J connectivity index is -0.0000000506. The standard InChI is InChI=1S/C4H5N.2ClH.H3O4P.Zn/c1-2-4-5-3-1;;;1-5(2,3)4;/h1-5H;2*1H;(H3,1,2,3,4);/q;;;;+2/p-2. The quantitative estimate of drug-likeness (QED) is 0.284. The number of aromatic amines is 1. The van der Waals surface area contributed by atoms with Gasteiger partial charge in [0, 0.05) is 12.4 Å². The number of aromatic nitrogens is 1. The first-order valence-electron chi connectivity index (χ1n) is 2.36. The van der Waals surface area contributed by atoms with Gasteiger partial charge in [-0.25, -0.2) is 4.57 Å². The van der Waals surface area contributed by atoms with Crippen molar-refractivity contribution in [2.75, 3.05) is 0 Å². The minimum Gasteiger partial charge on any atom is -1.00 e. The summed E-state index contributed by atoms with van der Waals surface area (Å²) in [5.74, 6) is 0. The van der Waals surface area contributed by atoms with Crippen molar-refractivity contribution in [3.8, 4) is 0 Å². The van der Waals surface area contributed by atoms with Gasteiger partial charge in [-0.05, 0) is 12.1 Å². The van der Waals surface area contributed by atoms with Crippen molar-refractivity contribution in [2.24, 2.45) is 0 Å². The van der Waals surface area contributed by atoms with E-state index in [2.05, 4.69) is 4.98 Å². The fourth-order valence-electron chi connectivity index (χ4n) is 0.278. The topological polar surface area (TPSA) is 93.6 Å². The van der Waals surface area contributed by atoms with Crippen molar-refractivity contribution in [3.63, 3.8) is 0 Å². The van der Waals surface area contributed by atoms with Gasteiger partial charge in [-0.3, -0.25) is 0 Å². The van der Waals surface area contributed by atoms with Crippen LogP contribution in [0.4, 0.5) is 0 Å². The van der Waals surface area contributed by atoms with Crippen LogP contribution in [0.5, 0.6) is 0 Å². The summed E-state index contributed by atoms with van der Waals surface area (Å²) in [6.45, 7) is 0. The molecule has 1 aromatic heterocycles.